The second-order valence-electron chi connectivity index (χ2n) is 5.13. The quantitative estimate of drug-likeness (QED) is 0.575. The molecule has 0 radical (unpaired) electrons. The molecule has 0 aliphatic heterocycles. The molecule has 0 N–H and O–H groups in total. The Kier molecular flexibility index (Phi) is 6.65. The highest BCUT2D eigenvalue weighted by Gasteiger charge is 2.32. The molecule has 0 amide bonds. The normalized spacial score (nSPS) is 33.0. The Bertz CT molecular complexity index is 201. The van der Waals surface area contributed by atoms with Gasteiger partial charge in [-0.2, -0.15) is 0 Å². The summed E-state index contributed by atoms with van der Waals surface area (Å²) in [6.45, 7) is 9.56. The van der Waals surface area contributed by atoms with Gasteiger partial charge in [0.15, 0.2) is 0 Å². The van der Waals surface area contributed by atoms with Gasteiger partial charge in [-0.15, -0.1) is 0 Å². The van der Waals surface area contributed by atoms with Crippen molar-refractivity contribution in [1.29, 1.82) is 0 Å². The lowest BCUT2D eigenvalue weighted by atomic mass is 9.75. The standard InChI is InChI=1S/C12H25O2PS/c1-5-13-15(16)14-12-8-10(4)6-7-11(12)9(2)3/h9-12,16H,5-8H2,1-4H3. The molecular formula is C12H25O2PS. The predicted octanol–water partition coefficient (Wildman–Crippen LogP) is 4.66. The Balaban J connectivity index is 2.50. The summed E-state index contributed by atoms with van der Waals surface area (Å²) < 4.78 is 11.4. The molecular weight excluding hydrogens is 239 g/mol. The van der Waals surface area contributed by atoms with Crippen molar-refractivity contribution in [2.75, 3.05) is 6.61 Å². The summed E-state index contributed by atoms with van der Waals surface area (Å²) in [5, 5.41) is 0. The van der Waals surface area contributed by atoms with Crippen LogP contribution < -0.4 is 0 Å². The second kappa shape index (κ2) is 7.20. The van der Waals surface area contributed by atoms with Gasteiger partial charge in [-0.1, -0.05) is 39.4 Å². The van der Waals surface area contributed by atoms with Crippen LogP contribution in [0.15, 0.2) is 0 Å². The first-order valence-corrected chi connectivity index (χ1v) is 8.66. The van der Waals surface area contributed by atoms with Crippen molar-refractivity contribution in [1.82, 2.24) is 0 Å². The Morgan fingerprint density at radius 3 is 2.62 bits per heavy atom. The third kappa shape index (κ3) is 4.52. The topological polar surface area (TPSA) is 18.5 Å². The molecule has 0 aromatic carbocycles. The number of thiol groups is 1. The van der Waals surface area contributed by atoms with E-state index in [9.17, 15) is 0 Å². The largest absolute Gasteiger partial charge is 0.326 e. The van der Waals surface area contributed by atoms with Crippen molar-refractivity contribution >= 4 is 19.8 Å². The second-order valence-corrected chi connectivity index (χ2v) is 7.05. The van der Waals surface area contributed by atoms with E-state index in [0.717, 1.165) is 12.3 Å². The zero-order valence-electron chi connectivity index (χ0n) is 10.8. The number of rotatable bonds is 5. The Morgan fingerprint density at radius 1 is 1.38 bits per heavy atom. The lowest BCUT2D eigenvalue weighted by Crippen LogP contribution is -2.33. The zero-order chi connectivity index (χ0) is 12.1. The van der Waals surface area contributed by atoms with Gasteiger partial charge in [-0.25, -0.2) is 0 Å². The van der Waals surface area contributed by atoms with Crippen LogP contribution in [0.3, 0.4) is 0 Å². The molecule has 0 spiro atoms. The third-order valence-corrected chi connectivity index (χ3v) is 4.99. The van der Waals surface area contributed by atoms with E-state index >= 15 is 0 Å². The van der Waals surface area contributed by atoms with Gasteiger partial charge >= 0.3 is 0 Å². The smallest absolute Gasteiger partial charge is 0.235 e. The summed E-state index contributed by atoms with van der Waals surface area (Å²) in [6, 6.07) is 0. The summed E-state index contributed by atoms with van der Waals surface area (Å²) in [6.07, 6.45) is 4.13. The highest BCUT2D eigenvalue weighted by atomic mass is 32.7. The van der Waals surface area contributed by atoms with Crippen LogP contribution >= 0.6 is 19.8 Å². The maximum Gasteiger partial charge on any atom is 0.235 e. The van der Waals surface area contributed by atoms with Crippen molar-refractivity contribution in [3.8, 4) is 0 Å². The average molecular weight is 264 g/mol. The fourth-order valence-corrected chi connectivity index (χ4v) is 3.96. The van der Waals surface area contributed by atoms with Gasteiger partial charge in [0.1, 0.15) is 0 Å². The van der Waals surface area contributed by atoms with Crippen LogP contribution in [0.2, 0.25) is 0 Å². The molecule has 0 aromatic rings. The first-order valence-electron chi connectivity index (χ1n) is 6.33. The molecule has 1 aliphatic rings. The van der Waals surface area contributed by atoms with E-state index in [2.05, 4.69) is 33.0 Å². The van der Waals surface area contributed by atoms with Crippen LogP contribution in [0.25, 0.3) is 0 Å². The molecule has 1 saturated carbocycles. The van der Waals surface area contributed by atoms with Crippen molar-refractivity contribution in [2.24, 2.45) is 17.8 Å². The minimum absolute atomic E-state index is 0.346. The van der Waals surface area contributed by atoms with Crippen LogP contribution in [-0.2, 0) is 9.05 Å². The van der Waals surface area contributed by atoms with Crippen LogP contribution in [0.5, 0.6) is 0 Å². The lowest BCUT2D eigenvalue weighted by molar-refractivity contribution is 0.0469. The average Bonchev–Trinajstić information content (AvgIpc) is 2.17. The van der Waals surface area contributed by atoms with Gasteiger partial charge in [0.05, 0.1) is 12.7 Å². The maximum atomic E-state index is 5.98. The van der Waals surface area contributed by atoms with Gasteiger partial charge in [-0.3, -0.25) is 0 Å². The van der Waals surface area contributed by atoms with E-state index in [1.54, 1.807) is 0 Å². The maximum absolute atomic E-state index is 5.98. The van der Waals surface area contributed by atoms with Crippen LogP contribution in [0.4, 0.5) is 0 Å². The molecule has 1 fully saturated rings. The van der Waals surface area contributed by atoms with Gasteiger partial charge in [0, 0.05) is 0 Å². The molecule has 2 nitrogen and oxygen atoms in total. The number of hydrogen-bond acceptors (Lipinski definition) is 3. The minimum Gasteiger partial charge on any atom is -0.326 e. The van der Waals surface area contributed by atoms with Gasteiger partial charge in [0.2, 0.25) is 7.58 Å². The molecule has 96 valence electrons. The first kappa shape index (κ1) is 14.8. The van der Waals surface area contributed by atoms with Crippen molar-refractivity contribution in [3.05, 3.63) is 0 Å². The molecule has 1 rings (SSSR count). The van der Waals surface area contributed by atoms with E-state index in [1.807, 2.05) is 6.92 Å². The van der Waals surface area contributed by atoms with E-state index in [0.29, 0.717) is 24.5 Å². The highest BCUT2D eigenvalue weighted by molar-refractivity contribution is 8.41. The summed E-state index contributed by atoms with van der Waals surface area (Å²) in [7, 11) is -0.980. The van der Waals surface area contributed by atoms with E-state index in [4.69, 9.17) is 9.05 Å². The van der Waals surface area contributed by atoms with E-state index in [1.165, 1.54) is 12.8 Å². The SMILES string of the molecule is CCOP(S)OC1CC(C)CCC1C(C)C. The molecule has 4 unspecified atom stereocenters. The predicted molar refractivity (Wildman–Crippen MR) is 73.7 cm³/mol. The molecule has 4 atom stereocenters. The molecule has 0 bridgehead atoms. The van der Waals surface area contributed by atoms with Crippen LogP contribution in [0, 0.1) is 17.8 Å². The Morgan fingerprint density at radius 2 is 2.06 bits per heavy atom. The van der Waals surface area contributed by atoms with E-state index in [-0.39, 0.29) is 0 Å². The molecule has 0 saturated heterocycles. The summed E-state index contributed by atoms with van der Waals surface area (Å²) in [5.74, 6) is 2.14. The zero-order valence-corrected chi connectivity index (χ0v) is 12.6. The third-order valence-electron chi connectivity index (χ3n) is 3.43. The molecule has 4 heteroatoms. The van der Waals surface area contributed by atoms with E-state index < -0.39 is 7.58 Å². The summed E-state index contributed by atoms with van der Waals surface area (Å²) in [5.41, 5.74) is 0. The van der Waals surface area contributed by atoms with Crippen molar-refractivity contribution in [2.45, 2.75) is 53.1 Å². The fraction of sp³-hybridized carbons (Fsp3) is 1.00. The summed E-state index contributed by atoms with van der Waals surface area (Å²) in [4.78, 5) is 0. The molecule has 16 heavy (non-hydrogen) atoms. The lowest BCUT2D eigenvalue weighted by Gasteiger charge is -2.37. The van der Waals surface area contributed by atoms with Gasteiger partial charge in [0.25, 0.3) is 0 Å². The minimum atomic E-state index is -0.980. The van der Waals surface area contributed by atoms with Gasteiger partial charge in [-0.05, 0) is 37.5 Å². The highest BCUT2D eigenvalue weighted by Crippen LogP contribution is 2.48. The molecule has 0 heterocycles. The van der Waals surface area contributed by atoms with Gasteiger partial charge < -0.3 is 9.05 Å². The van der Waals surface area contributed by atoms with Crippen LogP contribution in [-0.4, -0.2) is 12.7 Å². The number of hydrogen-bond donors (Lipinski definition) is 1. The van der Waals surface area contributed by atoms with Crippen molar-refractivity contribution in [3.63, 3.8) is 0 Å². The Hall–Kier alpha value is 0.700. The van der Waals surface area contributed by atoms with Crippen LogP contribution in [0.1, 0.15) is 47.0 Å². The Labute approximate surface area is 107 Å². The monoisotopic (exact) mass is 264 g/mol. The summed E-state index contributed by atoms with van der Waals surface area (Å²) >= 11 is 4.38. The molecule has 0 aromatic heterocycles. The first-order chi connectivity index (χ1) is 7.54. The molecule has 1 aliphatic carbocycles. The fourth-order valence-electron chi connectivity index (χ4n) is 2.49. The van der Waals surface area contributed by atoms with Crippen molar-refractivity contribution < 1.29 is 9.05 Å².